The molecule has 0 spiro atoms. The Morgan fingerprint density at radius 1 is 1.14 bits per heavy atom. The van der Waals surface area contributed by atoms with Crippen molar-refractivity contribution in [3.05, 3.63) is 59.7 Å². The second-order valence-electron chi connectivity index (χ2n) is 5.14. The lowest BCUT2D eigenvalue weighted by atomic mass is 10.1. The van der Waals surface area contributed by atoms with Gasteiger partial charge in [-0.05, 0) is 49.6 Å². The first kappa shape index (κ1) is 15.1. The maximum absolute atomic E-state index is 12.4. The molecule has 2 aromatic carbocycles. The molecule has 1 amide bonds. The Morgan fingerprint density at radius 2 is 1.86 bits per heavy atom. The molecule has 3 nitrogen and oxygen atoms in total. The predicted octanol–water partition coefficient (Wildman–Crippen LogP) is 4.10. The van der Waals surface area contributed by atoms with Gasteiger partial charge in [0.25, 0.3) is 5.91 Å². The normalized spacial score (nSPS) is 11.8. The van der Waals surface area contributed by atoms with Crippen LogP contribution in [0.5, 0.6) is 5.75 Å². The second kappa shape index (κ2) is 6.93. The fourth-order valence-corrected chi connectivity index (χ4v) is 2.07. The van der Waals surface area contributed by atoms with Gasteiger partial charge in [-0.1, -0.05) is 37.3 Å². The molecule has 0 aliphatic carbocycles. The van der Waals surface area contributed by atoms with Crippen molar-refractivity contribution in [2.45, 2.75) is 33.3 Å². The van der Waals surface area contributed by atoms with Crippen LogP contribution in [0, 0.1) is 13.8 Å². The number of rotatable bonds is 5. The summed E-state index contributed by atoms with van der Waals surface area (Å²) < 4.78 is 5.76. The molecule has 1 unspecified atom stereocenters. The number of amides is 1. The van der Waals surface area contributed by atoms with Gasteiger partial charge < -0.3 is 10.1 Å². The van der Waals surface area contributed by atoms with Crippen LogP contribution in [0.3, 0.4) is 0 Å². The largest absolute Gasteiger partial charge is 0.481 e. The van der Waals surface area contributed by atoms with Crippen LogP contribution in [-0.4, -0.2) is 12.0 Å². The van der Waals surface area contributed by atoms with E-state index in [0.717, 1.165) is 16.8 Å². The smallest absolute Gasteiger partial charge is 0.265 e. The van der Waals surface area contributed by atoms with E-state index in [2.05, 4.69) is 5.32 Å². The summed E-state index contributed by atoms with van der Waals surface area (Å²) in [6, 6.07) is 15.4. The van der Waals surface area contributed by atoms with E-state index in [9.17, 15) is 4.79 Å². The third kappa shape index (κ3) is 4.09. The van der Waals surface area contributed by atoms with Crippen LogP contribution in [-0.2, 0) is 4.79 Å². The van der Waals surface area contributed by atoms with Crippen molar-refractivity contribution in [1.82, 2.24) is 0 Å². The molecule has 21 heavy (non-hydrogen) atoms. The molecule has 0 aliphatic heterocycles. The third-order valence-electron chi connectivity index (χ3n) is 3.34. The summed E-state index contributed by atoms with van der Waals surface area (Å²) in [5.74, 6) is 0.593. The van der Waals surface area contributed by atoms with Gasteiger partial charge >= 0.3 is 0 Å². The van der Waals surface area contributed by atoms with Crippen LogP contribution in [0.4, 0.5) is 5.69 Å². The molecule has 3 heteroatoms. The van der Waals surface area contributed by atoms with E-state index in [1.807, 2.05) is 69.3 Å². The molecule has 0 saturated carbocycles. The molecule has 0 aliphatic rings. The number of benzene rings is 2. The number of para-hydroxylation sites is 1. The van der Waals surface area contributed by atoms with E-state index in [1.54, 1.807) is 0 Å². The van der Waals surface area contributed by atoms with Gasteiger partial charge in [-0.15, -0.1) is 0 Å². The van der Waals surface area contributed by atoms with Gasteiger partial charge in [0.15, 0.2) is 6.10 Å². The Hall–Kier alpha value is -2.29. The first-order valence-electron chi connectivity index (χ1n) is 7.20. The highest BCUT2D eigenvalue weighted by Gasteiger charge is 2.19. The van der Waals surface area contributed by atoms with Crippen LogP contribution in [0.2, 0.25) is 0 Å². The van der Waals surface area contributed by atoms with Gasteiger partial charge in [-0.3, -0.25) is 4.79 Å². The van der Waals surface area contributed by atoms with Gasteiger partial charge in [-0.2, -0.15) is 0 Å². The summed E-state index contributed by atoms with van der Waals surface area (Å²) in [4.78, 5) is 12.4. The lowest BCUT2D eigenvalue weighted by molar-refractivity contribution is -0.122. The average Bonchev–Trinajstić information content (AvgIpc) is 2.49. The average molecular weight is 283 g/mol. The minimum absolute atomic E-state index is 0.116. The van der Waals surface area contributed by atoms with Crippen molar-refractivity contribution in [2.24, 2.45) is 0 Å². The number of ether oxygens (including phenoxy) is 1. The van der Waals surface area contributed by atoms with E-state index in [-0.39, 0.29) is 5.91 Å². The van der Waals surface area contributed by atoms with E-state index in [4.69, 9.17) is 4.74 Å². The first-order valence-corrected chi connectivity index (χ1v) is 7.20. The number of carbonyl (C=O) groups excluding carboxylic acids is 1. The molecule has 0 radical (unpaired) electrons. The molecule has 2 aromatic rings. The Labute approximate surface area is 126 Å². The quantitative estimate of drug-likeness (QED) is 0.897. The van der Waals surface area contributed by atoms with Crippen molar-refractivity contribution >= 4 is 11.6 Å². The standard InChI is InChI=1S/C18H21NO2/c1-4-17(21-15-8-6-5-7-9-15)18(20)19-16-12-13(2)10-11-14(16)3/h5-12,17H,4H2,1-3H3,(H,19,20). The van der Waals surface area contributed by atoms with Gasteiger partial charge in [0.05, 0.1) is 0 Å². The van der Waals surface area contributed by atoms with Crippen molar-refractivity contribution in [3.8, 4) is 5.75 Å². The van der Waals surface area contributed by atoms with E-state index in [1.165, 1.54) is 0 Å². The van der Waals surface area contributed by atoms with Crippen molar-refractivity contribution in [1.29, 1.82) is 0 Å². The van der Waals surface area contributed by atoms with Crippen LogP contribution >= 0.6 is 0 Å². The number of hydrogen-bond acceptors (Lipinski definition) is 2. The summed E-state index contributed by atoms with van der Waals surface area (Å²) >= 11 is 0. The molecule has 110 valence electrons. The molecule has 0 aromatic heterocycles. The second-order valence-corrected chi connectivity index (χ2v) is 5.14. The highest BCUT2D eigenvalue weighted by atomic mass is 16.5. The number of anilines is 1. The summed E-state index contributed by atoms with van der Waals surface area (Å²) in [5.41, 5.74) is 3.01. The summed E-state index contributed by atoms with van der Waals surface area (Å²) in [6.07, 6.45) is 0.123. The lowest BCUT2D eigenvalue weighted by Crippen LogP contribution is -2.32. The van der Waals surface area contributed by atoms with Crippen LogP contribution < -0.4 is 10.1 Å². The molecule has 1 N–H and O–H groups in total. The highest BCUT2D eigenvalue weighted by Crippen LogP contribution is 2.18. The topological polar surface area (TPSA) is 38.3 Å². The zero-order valence-corrected chi connectivity index (χ0v) is 12.7. The Balaban J connectivity index is 2.08. The maximum Gasteiger partial charge on any atom is 0.265 e. The van der Waals surface area contributed by atoms with Gasteiger partial charge in [0, 0.05) is 5.69 Å². The van der Waals surface area contributed by atoms with Gasteiger partial charge in [-0.25, -0.2) is 0 Å². The van der Waals surface area contributed by atoms with Crippen molar-refractivity contribution in [2.75, 3.05) is 5.32 Å². The maximum atomic E-state index is 12.4. The highest BCUT2D eigenvalue weighted by molar-refractivity contribution is 5.95. The van der Waals surface area contributed by atoms with E-state index < -0.39 is 6.10 Å². The fourth-order valence-electron chi connectivity index (χ4n) is 2.07. The van der Waals surface area contributed by atoms with E-state index in [0.29, 0.717) is 12.2 Å². The van der Waals surface area contributed by atoms with Gasteiger partial charge in [0.1, 0.15) is 5.75 Å². The summed E-state index contributed by atoms with van der Waals surface area (Å²) in [7, 11) is 0. The minimum atomic E-state index is -0.493. The number of aryl methyl sites for hydroxylation is 2. The first-order chi connectivity index (χ1) is 10.1. The number of carbonyl (C=O) groups is 1. The van der Waals surface area contributed by atoms with Crippen LogP contribution in [0.15, 0.2) is 48.5 Å². The Bertz CT molecular complexity index is 608. The zero-order valence-electron chi connectivity index (χ0n) is 12.7. The number of hydrogen-bond donors (Lipinski definition) is 1. The predicted molar refractivity (Wildman–Crippen MR) is 85.7 cm³/mol. The van der Waals surface area contributed by atoms with E-state index >= 15 is 0 Å². The molecule has 0 bridgehead atoms. The molecular formula is C18H21NO2. The fraction of sp³-hybridized carbons (Fsp3) is 0.278. The number of nitrogens with one attached hydrogen (secondary N) is 1. The molecule has 0 heterocycles. The monoisotopic (exact) mass is 283 g/mol. The van der Waals surface area contributed by atoms with Gasteiger partial charge in [0.2, 0.25) is 0 Å². The zero-order chi connectivity index (χ0) is 15.2. The Kier molecular flexibility index (Phi) is 4.99. The lowest BCUT2D eigenvalue weighted by Gasteiger charge is -2.18. The molecule has 0 saturated heterocycles. The van der Waals surface area contributed by atoms with Crippen molar-refractivity contribution < 1.29 is 9.53 Å². The molecule has 2 rings (SSSR count). The molecular weight excluding hydrogens is 262 g/mol. The van der Waals surface area contributed by atoms with Crippen LogP contribution in [0.25, 0.3) is 0 Å². The minimum Gasteiger partial charge on any atom is -0.481 e. The Morgan fingerprint density at radius 3 is 2.52 bits per heavy atom. The molecule has 0 fully saturated rings. The van der Waals surface area contributed by atoms with Crippen LogP contribution in [0.1, 0.15) is 24.5 Å². The summed E-state index contributed by atoms with van der Waals surface area (Å²) in [6.45, 7) is 5.93. The molecule has 1 atom stereocenters. The third-order valence-corrected chi connectivity index (χ3v) is 3.34. The summed E-state index contributed by atoms with van der Waals surface area (Å²) in [5, 5.41) is 2.96. The SMILES string of the molecule is CCC(Oc1ccccc1)C(=O)Nc1cc(C)ccc1C. The van der Waals surface area contributed by atoms with Crippen molar-refractivity contribution in [3.63, 3.8) is 0 Å².